The summed E-state index contributed by atoms with van der Waals surface area (Å²) in [6, 6.07) is 19.1. The van der Waals surface area contributed by atoms with Crippen molar-refractivity contribution in [1.29, 1.82) is 0 Å². The highest BCUT2D eigenvalue weighted by atomic mass is 79.9. The van der Waals surface area contributed by atoms with Crippen LogP contribution < -0.4 is 14.4 Å². The van der Waals surface area contributed by atoms with Gasteiger partial charge in [-0.2, -0.15) is 0 Å². The number of hydrogen-bond acceptors (Lipinski definition) is 6. The van der Waals surface area contributed by atoms with E-state index in [2.05, 4.69) is 15.9 Å². The Bertz CT molecular complexity index is 1310. The number of benzene rings is 3. The fourth-order valence-electron chi connectivity index (χ4n) is 3.43. The molecule has 4 rings (SSSR count). The van der Waals surface area contributed by atoms with Crippen LogP contribution in [0.15, 0.2) is 74.9 Å². The van der Waals surface area contributed by atoms with E-state index in [1.807, 2.05) is 79.9 Å². The maximum atomic E-state index is 13.2. The van der Waals surface area contributed by atoms with Gasteiger partial charge in [-0.1, -0.05) is 59.8 Å². The van der Waals surface area contributed by atoms with Crippen LogP contribution in [0.2, 0.25) is 5.02 Å². The standard InChI is InChI=1S/C26H21BrClNO3S3/c1-3-31-22-12-16(11-20(27)24(22)32-15-17-7-4-5-10-21(17)28)13-23-25(30)29(26(33)35-23)18-8-6-9-19(14-18)34-2/h4-14H,3,15H2,1-2H3/b23-13+. The molecule has 1 aliphatic heterocycles. The molecule has 4 nitrogen and oxygen atoms in total. The van der Waals surface area contributed by atoms with Crippen molar-refractivity contribution in [2.45, 2.75) is 18.4 Å². The molecule has 0 N–H and O–H groups in total. The van der Waals surface area contributed by atoms with Crippen LogP contribution in [-0.4, -0.2) is 23.1 Å². The Kier molecular flexibility index (Phi) is 8.83. The molecule has 0 bridgehead atoms. The van der Waals surface area contributed by atoms with Gasteiger partial charge >= 0.3 is 0 Å². The van der Waals surface area contributed by atoms with Gasteiger partial charge in [-0.25, -0.2) is 0 Å². The van der Waals surface area contributed by atoms with E-state index in [0.717, 1.165) is 21.7 Å². The third-order valence-electron chi connectivity index (χ3n) is 5.06. The van der Waals surface area contributed by atoms with Crippen LogP contribution in [0.1, 0.15) is 18.1 Å². The van der Waals surface area contributed by atoms with E-state index in [0.29, 0.717) is 43.4 Å². The van der Waals surface area contributed by atoms with Crippen LogP contribution in [0.4, 0.5) is 5.69 Å². The summed E-state index contributed by atoms with van der Waals surface area (Å²) in [5.74, 6) is 1.00. The van der Waals surface area contributed by atoms with Gasteiger partial charge in [-0.15, -0.1) is 11.8 Å². The van der Waals surface area contributed by atoms with Gasteiger partial charge in [0.1, 0.15) is 6.61 Å². The van der Waals surface area contributed by atoms with Crippen LogP contribution in [0.3, 0.4) is 0 Å². The molecule has 0 unspecified atom stereocenters. The Balaban J connectivity index is 1.61. The highest BCUT2D eigenvalue weighted by Gasteiger charge is 2.33. The van der Waals surface area contributed by atoms with Crippen LogP contribution >= 0.6 is 63.3 Å². The van der Waals surface area contributed by atoms with E-state index in [4.69, 9.17) is 33.3 Å². The molecule has 180 valence electrons. The van der Waals surface area contributed by atoms with Gasteiger partial charge in [-0.05, 0) is 77.1 Å². The fourth-order valence-corrected chi connectivity index (χ4v) is 5.95. The zero-order valence-electron chi connectivity index (χ0n) is 18.9. The number of carbonyl (C=O) groups is 1. The number of hydrogen-bond donors (Lipinski definition) is 0. The molecule has 1 heterocycles. The lowest BCUT2D eigenvalue weighted by atomic mass is 10.1. The summed E-state index contributed by atoms with van der Waals surface area (Å²) in [4.78, 5) is 16.4. The molecule has 3 aromatic carbocycles. The second-order valence-electron chi connectivity index (χ2n) is 7.36. The summed E-state index contributed by atoms with van der Waals surface area (Å²) >= 11 is 18.3. The number of anilines is 1. The Morgan fingerprint density at radius 2 is 1.94 bits per heavy atom. The van der Waals surface area contributed by atoms with Crippen molar-refractivity contribution < 1.29 is 14.3 Å². The first kappa shape index (κ1) is 26.1. The normalized spacial score (nSPS) is 14.6. The van der Waals surface area contributed by atoms with Crippen molar-refractivity contribution in [3.8, 4) is 11.5 Å². The number of ether oxygens (including phenoxy) is 2. The predicted octanol–water partition coefficient (Wildman–Crippen LogP) is 8.21. The van der Waals surface area contributed by atoms with E-state index < -0.39 is 0 Å². The van der Waals surface area contributed by atoms with E-state index in [9.17, 15) is 4.79 Å². The maximum absolute atomic E-state index is 13.2. The van der Waals surface area contributed by atoms with Gasteiger partial charge in [0.2, 0.25) is 0 Å². The quantitative estimate of drug-likeness (QED) is 0.146. The Morgan fingerprint density at radius 1 is 1.14 bits per heavy atom. The number of rotatable bonds is 8. The highest BCUT2D eigenvalue weighted by molar-refractivity contribution is 9.10. The van der Waals surface area contributed by atoms with Gasteiger partial charge in [0.05, 0.1) is 21.7 Å². The molecule has 1 aliphatic rings. The second-order valence-corrected chi connectivity index (χ2v) is 11.2. The first-order valence-electron chi connectivity index (χ1n) is 10.7. The number of carbonyl (C=O) groups excluding carboxylic acids is 1. The molecule has 0 radical (unpaired) electrons. The molecule has 1 saturated heterocycles. The van der Waals surface area contributed by atoms with Crippen molar-refractivity contribution in [3.63, 3.8) is 0 Å². The van der Waals surface area contributed by atoms with E-state index >= 15 is 0 Å². The smallest absolute Gasteiger partial charge is 0.270 e. The first-order valence-corrected chi connectivity index (χ1v) is 14.3. The first-order chi connectivity index (χ1) is 16.9. The van der Waals surface area contributed by atoms with Crippen molar-refractivity contribution in [3.05, 3.63) is 86.2 Å². The van der Waals surface area contributed by atoms with Gasteiger partial charge in [0, 0.05) is 15.5 Å². The summed E-state index contributed by atoms with van der Waals surface area (Å²) in [6.07, 6.45) is 3.82. The molecule has 0 saturated carbocycles. The van der Waals surface area contributed by atoms with Crippen LogP contribution in [0, 0.1) is 0 Å². The number of nitrogens with zero attached hydrogens (tertiary/aromatic N) is 1. The predicted molar refractivity (Wildman–Crippen MR) is 155 cm³/mol. The highest BCUT2D eigenvalue weighted by Crippen LogP contribution is 2.41. The zero-order valence-corrected chi connectivity index (χ0v) is 23.7. The largest absolute Gasteiger partial charge is 0.490 e. The molecule has 1 amide bonds. The van der Waals surface area contributed by atoms with Gasteiger partial charge in [0.15, 0.2) is 15.8 Å². The summed E-state index contributed by atoms with van der Waals surface area (Å²) < 4.78 is 13.1. The molecule has 9 heteroatoms. The zero-order chi connectivity index (χ0) is 24.9. The SMILES string of the molecule is CCOc1cc(/C=C2/SC(=S)N(c3cccc(SC)c3)C2=O)cc(Br)c1OCc1ccccc1Cl. The van der Waals surface area contributed by atoms with Gasteiger partial charge in [-0.3, -0.25) is 9.69 Å². The average Bonchev–Trinajstić information content (AvgIpc) is 3.12. The summed E-state index contributed by atoms with van der Waals surface area (Å²) in [6.45, 7) is 2.67. The van der Waals surface area contributed by atoms with Crippen molar-refractivity contribution in [1.82, 2.24) is 0 Å². The maximum Gasteiger partial charge on any atom is 0.270 e. The minimum absolute atomic E-state index is 0.147. The Hall–Kier alpha value is -1.97. The van der Waals surface area contributed by atoms with Crippen LogP contribution in [0.25, 0.3) is 6.08 Å². The lowest BCUT2D eigenvalue weighted by Gasteiger charge is -2.16. The average molecular weight is 607 g/mol. The molecule has 0 aliphatic carbocycles. The lowest BCUT2D eigenvalue weighted by Crippen LogP contribution is -2.27. The third-order valence-corrected chi connectivity index (χ3v) is 8.05. The Labute approximate surface area is 232 Å². The third kappa shape index (κ3) is 6.06. The summed E-state index contributed by atoms with van der Waals surface area (Å²) in [5.41, 5.74) is 2.44. The minimum Gasteiger partial charge on any atom is -0.490 e. The topological polar surface area (TPSA) is 38.8 Å². The Morgan fingerprint density at radius 3 is 2.69 bits per heavy atom. The van der Waals surface area contributed by atoms with Crippen molar-refractivity contribution in [2.75, 3.05) is 17.8 Å². The summed E-state index contributed by atoms with van der Waals surface area (Å²) in [7, 11) is 0. The lowest BCUT2D eigenvalue weighted by molar-refractivity contribution is -0.113. The van der Waals surface area contributed by atoms with Crippen LogP contribution in [-0.2, 0) is 11.4 Å². The number of amides is 1. The number of halogens is 2. The van der Waals surface area contributed by atoms with Gasteiger partial charge in [0.25, 0.3) is 5.91 Å². The molecule has 1 fully saturated rings. The molecule has 3 aromatic rings. The molecular weight excluding hydrogens is 586 g/mol. The van der Waals surface area contributed by atoms with E-state index in [1.54, 1.807) is 16.7 Å². The number of thiocarbonyl (C=S) groups is 1. The van der Waals surface area contributed by atoms with Crippen LogP contribution in [0.5, 0.6) is 11.5 Å². The van der Waals surface area contributed by atoms with Crippen molar-refractivity contribution in [2.24, 2.45) is 0 Å². The molecule has 0 spiro atoms. The molecule has 0 atom stereocenters. The summed E-state index contributed by atoms with van der Waals surface area (Å²) in [5, 5.41) is 0.642. The van der Waals surface area contributed by atoms with E-state index in [1.165, 1.54) is 11.8 Å². The molecule has 35 heavy (non-hydrogen) atoms. The van der Waals surface area contributed by atoms with Gasteiger partial charge < -0.3 is 9.47 Å². The van der Waals surface area contributed by atoms with Crippen molar-refractivity contribution >= 4 is 85.3 Å². The molecule has 0 aromatic heterocycles. The number of thioether (sulfide) groups is 2. The molecular formula is C26H21BrClNO3S3. The monoisotopic (exact) mass is 605 g/mol. The van der Waals surface area contributed by atoms with E-state index in [-0.39, 0.29) is 5.91 Å². The minimum atomic E-state index is -0.147. The fraction of sp³-hybridized carbons (Fsp3) is 0.154. The second kappa shape index (κ2) is 11.8.